The van der Waals surface area contributed by atoms with Crippen molar-refractivity contribution in [3.63, 3.8) is 0 Å². The maximum atomic E-state index is 3.09. The Balaban J connectivity index is 2.00. The van der Waals surface area contributed by atoms with Crippen LogP contribution < -0.4 is 55.1 Å². The van der Waals surface area contributed by atoms with E-state index in [4.69, 9.17) is 0 Å². The van der Waals surface area contributed by atoms with E-state index in [-0.39, 0.29) is 0 Å². The summed E-state index contributed by atoms with van der Waals surface area (Å²) in [6.45, 7) is 1.88. The fourth-order valence-electron chi connectivity index (χ4n) is 2.77. The van der Waals surface area contributed by atoms with Gasteiger partial charge in [-0.1, -0.05) is 70.6 Å². The van der Waals surface area contributed by atoms with Crippen LogP contribution >= 0.6 is 0 Å². The van der Waals surface area contributed by atoms with E-state index < -0.39 is 0 Å². The summed E-state index contributed by atoms with van der Waals surface area (Å²) in [6.07, 6.45) is 17.4. The molecule has 0 aromatic carbocycles. The van der Waals surface area contributed by atoms with E-state index in [1.165, 1.54) is 83.5 Å². The van der Waals surface area contributed by atoms with Crippen molar-refractivity contribution in [2.24, 2.45) is 0 Å². The maximum absolute atomic E-state index is 3.09. The fraction of sp³-hybridized carbons (Fsp3) is 1.00. The molecule has 0 amide bonds. The van der Waals surface area contributed by atoms with Crippen LogP contribution in [0.15, 0.2) is 0 Å². The molecule has 0 bridgehead atoms. The number of hydrazine groups is 9. The second kappa shape index (κ2) is 19.9. The molecule has 150 valence electrons. The molecule has 1 heterocycles. The van der Waals surface area contributed by atoms with Crippen LogP contribution in [0.1, 0.15) is 83.5 Å². The van der Waals surface area contributed by atoms with Crippen LogP contribution in [0.4, 0.5) is 0 Å². The Kier molecular flexibility index (Phi) is 18.0. The Labute approximate surface area is 152 Å². The highest BCUT2D eigenvalue weighted by atomic mass is 15.9. The van der Waals surface area contributed by atoms with Gasteiger partial charge >= 0.3 is 0 Å². The predicted molar refractivity (Wildman–Crippen MR) is 101 cm³/mol. The number of hydrogen-bond donors (Lipinski definition) is 10. The lowest BCUT2D eigenvalue weighted by Crippen LogP contribution is -2.65. The lowest BCUT2D eigenvalue weighted by molar-refractivity contribution is 0.232. The molecular formula is C15H40N10. The van der Waals surface area contributed by atoms with Gasteiger partial charge in [-0.25, -0.2) is 10.9 Å². The van der Waals surface area contributed by atoms with E-state index in [9.17, 15) is 0 Å². The second-order valence-corrected chi connectivity index (χ2v) is 6.45. The molecular weight excluding hydrogens is 320 g/mol. The molecule has 0 spiro atoms. The Hall–Kier alpha value is -0.400. The van der Waals surface area contributed by atoms with Crippen LogP contribution in [0, 0.1) is 0 Å². The minimum absolute atomic E-state index is 0.942. The van der Waals surface area contributed by atoms with E-state index >= 15 is 0 Å². The van der Waals surface area contributed by atoms with Gasteiger partial charge in [0.2, 0.25) is 0 Å². The van der Waals surface area contributed by atoms with E-state index in [1.807, 2.05) is 0 Å². The van der Waals surface area contributed by atoms with Gasteiger partial charge in [0.1, 0.15) is 0 Å². The second-order valence-electron chi connectivity index (χ2n) is 6.45. The lowest BCUT2D eigenvalue weighted by atomic mass is 10.0. The van der Waals surface area contributed by atoms with Crippen molar-refractivity contribution in [1.29, 1.82) is 0 Å². The molecule has 0 aromatic heterocycles. The third-order valence-corrected chi connectivity index (χ3v) is 4.22. The summed E-state index contributed by atoms with van der Waals surface area (Å²) in [7, 11) is 0. The summed E-state index contributed by atoms with van der Waals surface area (Å²) < 4.78 is 0. The summed E-state index contributed by atoms with van der Waals surface area (Å²) in [5.74, 6) is 0. The number of hydrogen-bond acceptors (Lipinski definition) is 10. The smallest absolute Gasteiger partial charge is 0.0113 e. The SMILES string of the molecule is C1CCCCCCCNNNNNNNNNNCCCCCCC1. The first-order chi connectivity index (χ1) is 12.5. The third-order valence-electron chi connectivity index (χ3n) is 4.22. The van der Waals surface area contributed by atoms with Crippen LogP contribution in [0.25, 0.3) is 0 Å². The van der Waals surface area contributed by atoms with Gasteiger partial charge in [0.05, 0.1) is 0 Å². The molecule has 0 radical (unpaired) electrons. The minimum Gasteiger partial charge on any atom is -0.243 e. The van der Waals surface area contributed by atoms with Crippen molar-refractivity contribution in [3.8, 4) is 0 Å². The van der Waals surface area contributed by atoms with E-state index in [1.54, 1.807) is 0 Å². The van der Waals surface area contributed by atoms with Crippen molar-refractivity contribution in [2.75, 3.05) is 13.1 Å². The van der Waals surface area contributed by atoms with Crippen molar-refractivity contribution < 1.29 is 0 Å². The summed E-state index contributed by atoms with van der Waals surface area (Å²) in [5, 5.41) is 0. The van der Waals surface area contributed by atoms with Crippen molar-refractivity contribution in [2.45, 2.75) is 83.5 Å². The van der Waals surface area contributed by atoms with Crippen LogP contribution in [0.5, 0.6) is 0 Å². The van der Waals surface area contributed by atoms with Gasteiger partial charge in [-0.3, -0.25) is 0 Å². The summed E-state index contributed by atoms with van der Waals surface area (Å²) in [4.78, 5) is 0. The maximum Gasteiger partial charge on any atom is 0.0113 e. The highest BCUT2D eigenvalue weighted by molar-refractivity contribution is 4.50. The van der Waals surface area contributed by atoms with E-state index in [0.717, 1.165) is 13.1 Å². The van der Waals surface area contributed by atoms with Crippen LogP contribution in [0.3, 0.4) is 0 Å². The zero-order chi connectivity index (χ0) is 17.7. The third kappa shape index (κ3) is 18.2. The molecule has 1 saturated heterocycles. The number of rotatable bonds is 0. The summed E-state index contributed by atoms with van der Waals surface area (Å²) in [6, 6.07) is 0. The van der Waals surface area contributed by atoms with Gasteiger partial charge < -0.3 is 0 Å². The zero-order valence-electron chi connectivity index (χ0n) is 15.6. The van der Waals surface area contributed by atoms with Crippen LogP contribution in [-0.2, 0) is 0 Å². The zero-order valence-corrected chi connectivity index (χ0v) is 15.6. The highest BCUT2D eigenvalue weighted by Crippen LogP contribution is 2.12. The van der Waals surface area contributed by atoms with E-state index in [0.29, 0.717) is 0 Å². The van der Waals surface area contributed by atoms with Gasteiger partial charge in [-0.2, -0.15) is 44.3 Å². The molecule has 0 aliphatic carbocycles. The quantitative estimate of drug-likeness (QED) is 0.293. The lowest BCUT2D eigenvalue weighted by Gasteiger charge is -2.13. The molecule has 1 fully saturated rings. The molecule has 0 atom stereocenters. The van der Waals surface area contributed by atoms with Crippen molar-refractivity contribution in [1.82, 2.24) is 55.1 Å². The topological polar surface area (TPSA) is 120 Å². The average molecular weight is 361 g/mol. The summed E-state index contributed by atoms with van der Waals surface area (Å²) >= 11 is 0. The minimum atomic E-state index is 0.942. The molecule has 0 saturated carbocycles. The Morgan fingerprint density at radius 3 is 0.800 bits per heavy atom. The first-order valence-electron chi connectivity index (χ1n) is 9.96. The molecule has 25 heavy (non-hydrogen) atoms. The number of nitrogens with one attached hydrogen (secondary N) is 10. The molecule has 1 aliphatic rings. The van der Waals surface area contributed by atoms with Crippen molar-refractivity contribution in [3.05, 3.63) is 0 Å². The predicted octanol–water partition coefficient (Wildman–Crippen LogP) is 0.202. The standard InChI is InChI=1S/C15H40N10/c1-2-4-6-8-10-12-14-16-18-20-22-24-25-23-21-19-17-15-13-11-9-7-5-3-1/h16-25H,1-15H2. The average Bonchev–Trinajstić information content (AvgIpc) is 2.62. The Morgan fingerprint density at radius 1 is 0.240 bits per heavy atom. The van der Waals surface area contributed by atoms with Gasteiger partial charge in [-0.15, -0.1) is 0 Å². The van der Waals surface area contributed by atoms with Crippen LogP contribution in [-0.4, -0.2) is 13.1 Å². The molecule has 10 heteroatoms. The fourth-order valence-corrected chi connectivity index (χ4v) is 2.77. The van der Waals surface area contributed by atoms with Gasteiger partial charge in [-0.05, 0) is 12.8 Å². The Bertz CT molecular complexity index is 140. The molecule has 1 rings (SSSR count). The molecule has 0 unspecified atom stereocenters. The van der Waals surface area contributed by atoms with Crippen molar-refractivity contribution >= 4 is 0 Å². The molecule has 10 N–H and O–H groups in total. The summed E-state index contributed by atoms with van der Waals surface area (Å²) in [5.41, 5.74) is 28.2. The van der Waals surface area contributed by atoms with E-state index in [2.05, 4.69) is 55.1 Å². The highest BCUT2D eigenvalue weighted by Gasteiger charge is 1.95. The van der Waals surface area contributed by atoms with Gasteiger partial charge in [0.25, 0.3) is 0 Å². The molecule has 1 aliphatic heterocycles. The first-order valence-corrected chi connectivity index (χ1v) is 9.96. The van der Waals surface area contributed by atoms with Gasteiger partial charge in [0.15, 0.2) is 0 Å². The molecule has 10 nitrogen and oxygen atoms in total. The van der Waals surface area contributed by atoms with Gasteiger partial charge in [0, 0.05) is 13.1 Å². The Morgan fingerprint density at radius 2 is 0.480 bits per heavy atom. The monoisotopic (exact) mass is 360 g/mol. The van der Waals surface area contributed by atoms with Crippen LogP contribution in [0.2, 0.25) is 0 Å². The first kappa shape index (κ1) is 22.6. The largest absolute Gasteiger partial charge is 0.243 e. The molecule has 0 aromatic rings. The normalized spacial score (nSPS) is 24.0.